The molecule has 1 N–H and O–H groups in total. The van der Waals surface area contributed by atoms with E-state index in [2.05, 4.69) is 15.2 Å². The van der Waals surface area contributed by atoms with Crippen molar-refractivity contribution in [2.75, 3.05) is 39.4 Å². The number of ether oxygens (including phenoxy) is 1. The van der Waals surface area contributed by atoms with Crippen molar-refractivity contribution in [3.8, 4) is 0 Å². The second-order valence-corrected chi connectivity index (χ2v) is 3.66. The predicted octanol–water partition coefficient (Wildman–Crippen LogP) is -0.227. The van der Waals surface area contributed by atoms with E-state index in [4.69, 9.17) is 4.74 Å². The third-order valence-corrected chi connectivity index (χ3v) is 2.55. The van der Waals surface area contributed by atoms with E-state index < -0.39 is 0 Å². The van der Waals surface area contributed by atoms with E-state index >= 15 is 0 Å². The molecule has 1 aromatic heterocycles. The number of amides is 1. The summed E-state index contributed by atoms with van der Waals surface area (Å²) in [5, 5.41) is 2.83. The quantitative estimate of drug-likeness (QED) is 0.770. The van der Waals surface area contributed by atoms with E-state index in [1.807, 2.05) is 0 Å². The molecule has 0 unspecified atom stereocenters. The minimum atomic E-state index is -0.134. The fourth-order valence-corrected chi connectivity index (χ4v) is 1.62. The van der Waals surface area contributed by atoms with Gasteiger partial charge in [-0.3, -0.25) is 9.47 Å². The van der Waals surface area contributed by atoms with Gasteiger partial charge in [-0.15, -0.1) is 0 Å². The van der Waals surface area contributed by atoms with Crippen molar-refractivity contribution in [2.24, 2.45) is 0 Å². The van der Waals surface area contributed by atoms with Crippen molar-refractivity contribution in [1.29, 1.82) is 0 Å². The average Bonchev–Trinajstić information content (AvgIpc) is 2.84. The number of rotatable bonds is 3. The molecule has 1 amide bonds. The Balaban J connectivity index is 1.66. The van der Waals surface area contributed by atoms with Crippen LogP contribution in [0, 0.1) is 0 Å². The Morgan fingerprint density at radius 1 is 1.44 bits per heavy atom. The van der Waals surface area contributed by atoms with Crippen LogP contribution < -0.4 is 5.32 Å². The average molecular weight is 224 g/mol. The van der Waals surface area contributed by atoms with Gasteiger partial charge < -0.3 is 10.1 Å². The lowest BCUT2D eigenvalue weighted by Crippen LogP contribution is -2.41. The molecule has 0 bridgehead atoms. The van der Waals surface area contributed by atoms with Gasteiger partial charge in [0.1, 0.15) is 6.33 Å². The molecule has 1 aliphatic rings. The molecule has 0 spiro atoms. The van der Waals surface area contributed by atoms with Gasteiger partial charge in [0.25, 0.3) is 0 Å². The topological polar surface area (TPSA) is 59.4 Å². The van der Waals surface area contributed by atoms with Gasteiger partial charge in [0.15, 0.2) is 0 Å². The first kappa shape index (κ1) is 11.1. The van der Waals surface area contributed by atoms with E-state index in [1.165, 1.54) is 10.9 Å². The zero-order valence-electron chi connectivity index (χ0n) is 9.13. The molecule has 1 fully saturated rings. The molecule has 16 heavy (non-hydrogen) atoms. The van der Waals surface area contributed by atoms with Crippen LogP contribution in [0.25, 0.3) is 0 Å². The number of nitrogens with one attached hydrogen (secondary N) is 1. The molecule has 0 radical (unpaired) electrons. The molecule has 1 aromatic rings. The summed E-state index contributed by atoms with van der Waals surface area (Å²) in [4.78, 5) is 17.6. The second kappa shape index (κ2) is 5.62. The number of hydrogen-bond donors (Lipinski definition) is 1. The van der Waals surface area contributed by atoms with Crippen molar-refractivity contribution < 1.29 is 9.53 Å². The maximum absolute atomic E-state index is 11.5. The highest BCUT2D eigenvalue weighted by atomic mass is 16.5. The van der Waals surface area contributed by atoms with Crippen LogP contribution in [0.4, 0.5) is 4.79 Å². The van der Waals surface area contributed by atoms with E-state index in [1.54, 1.807) is 12.4 Å². The molecule has 0 atom stereocenters. The lowest BCUT2D eigenvalue weighted by Gasteiger charge is -2.26. The number of carbonyl (C=O) groups is 1. The van der Waals surface area contributed by atoms with Gasteiger partial charge in [0.2, 0.25) is 0 Å². The highest BCUT2D eigenvalue weighted by molar-refractivity contribution is 5.76. The minimum absolute atomic E-state index is 0.134. The van der Waals surface area contributed by atoms with Crippen LogP contribution in [0.2, 0.25) is 0 Å². The first-order chi connectivity index (χ1) is 7.86. The number of nitrogens with zero attached hydrogens (tertiary/aromatic N) is 3. The predicted molar refractivity (Wildman–Crippen MR) is 58.3 cm³/mol. The monoisotopic (exact) mass is 224 g/mol. The zero-order chi connectivity index (χ0) is 11.2. The van der Waals surface area contributed by atoms with Crippen molar-refractivity contribution in [3.63, 3.8) is 0 Å². The SMILES string of the molecule is O=C(NCCN1CCOCC1)n1ccnc1. The molecule has 2 rings (SSSR count). The van der Waals surface area contributed by atoms with Crippen LogP contribution in [-0.4, -0.2) is 59.9 Å². The Hall–Kier alpha value is -1.40. The summed E-state index contributed by atoms with van der Waals surface area (Å²) < 4.78 is 6.67. The largest absolute Gasteiger partial charge is 0.379 e. The second-order valence-electron chi connectivity index (χ2n) is 3.66. The molecule has 6 heteroatoms. The van der Waals surface area contributed by atoms with Crippen molar-refractivity contribution >= 4 is 6.03 Å². The molecular formula is C10H16N4O2. The van der Waals surface area contributed by atoms with Crippen LogP contribution in [0.1, 0.15) is 0 Å². The summed E-state index contributed by atoms with van der Waals surface area (Å²) in [5.74, 6) is 0. The molecule has 1 aliphatic heterocycles. The highest BCUT2D eigenvalue weighted by Crippen LogP contribution is 1.94. The summed E-state index contributed by atoms with van der Waals surface area (Å²) in [6.07, 6.45) is 4.70. The molecular weight excluding hydrogens is 208 g/mol. The highest BCUT2D eigenvalue weighted by Gasteiger charge is 2.10. The fraction of sp³-hybridized carbons (Fsp3) is 0.600. The van der Waals surface area contributed by atoms with Gasteiger partial charge in [-0.2, -0.15) is 0 Å². The smallest absolute Gasteiger partial charge is 0.326 e. The lowest BCUT2D eigenvalue weighted by atomic mass is 10.4. The van der Waals surface area contributed by atoms with Gasteiger partial charge in [-0.05, 0) is 0 Å². The van der Waals surface area contributed by atoms with Crippen molar-refractivity contribution in [3.05, 3.63) is 18.7 Å². The third-order valence-electron chi connectivity index (χ3n) is 2.55. The Morgan fingerprint density at radius 2 is 2.25 bits per heavy atom. The summed E-state index contributed by atoms with van der Waals surface area (Å²) in [5.41, 5.74) is 0. The van der Waals surface area contributed by atoms with Crippen LogP contribution in [-0.2, 0) is 4.74 Å². The van der Waals surface area contributed by atoms with E-state index in [0.29, 0.717) is 6.54 Å². The third kappa shape index (κ3) is 3.04. The molecule has 1 saturated heterocycles. The van der Waals surface area contributed by atoms with Gasteiger partial charge in [0, 0.05) is 38.6 Å². The summed E-state index contributed by atoms with van der Waals surface area (Å²) in [6, 6.07) is -0.134. The number of aromatic nitrogens is 2. The van der Waals surface area contributed by atoms with Crippen LogP contribution in [0.15, 0.2) is 18.7 Å². The van der Waals surface area contributed by atoms with Gasteiger partial charge in [0.05, 0.1) is 13.2 Å². The van der Waals surface area contributed by atoms with Crippen molar-refractivity contribution in [1.82, 2.24) is 19.8 Å². The Labute approximate surface area is 94.2 Å². The van der Waals surface area contributed by atoms with Gasteiger partial charge >= 0.3 is 6.03 Å². The molecule has 88 valence electrons. The van der Waals surface area contributed by atoms with Crippen LogP contribution in [0.5, 0.6) is 0 Å². The maximum atomic E-state index is 11.5. The van der Waals surface area contributed by atoms with Crippen LogP contribution >= 0.6 is 0 Å². The Kier molecular flexibility index (Phi) is 3.90. The standard InChI is InChI=1S/C10H16N4O2/c15-10(14-4-1-11-9-14)12-2-3-13-5-7-16-8-6-13/h1,4,9H,2-3,5-8H2,(H,12,15). The number of morpholine rings is 1. The summed E-state index contributed by atoms with van der Waals surface area (Å²) in [7, 11) is 0. The number of hydrogen-bond acceptors (Lipinski definition) is 4. The number of imidazole rings is 1. The zero-order valence-corrected chi connectivity index (χ0v) is 9.13. The van der Waals surface area contributed by atoms with Crippen LogP contribution in [0.3, 0.4) is 0 Å². The molecule has 0 saturated carbocycles. The Bertz CT molecular complexity index is 320. The number of carbonyl (C=O) groups excluding carboxylic acids is 1. The molecule has 0 aromatic carbocycles. The molecule has 2 heterocycles. The molecule has 0 aliphatic carbocycles. The summed E-state index contributed by atoms with van der Waals surface area (Å²) >= 11 is 0. The molecule has 6 nitrogen and oxygen atoms in total. The van der Waals surface area contributed by atoms with Crippen molar-refractivity contribution in [2.45, 2.75) is 0 Å². The summed E-state index contributed by atoms with van der Waals surface area (Å²) in [6.45, 7) is 4.98. The maximum Gasteiger partial charge on any atom is 0.326 e. The van der Waals surface area contributed by atoms with E-state index in [0.717, 1.165) is 32.8 Å². The van der Waals surface area contributed by atoms with Gasteiger partial charge in [-0.1, -0.05) is 0 Å². The fourth-order valence-electron chi connectivity index (χ4n) is 1.62. The van der Waals surface area contributed by atoms with E-state index in [-0.39, 0.29) is 6.03 Å². The van der Waals surface area contributed by atoms with E-state index in [9.17, 15) is 4.79 Å². The lowest BCUT2D eigenvalue weighted by molar-refractivity contribution is 0.0387. The first-order valence-corrected chi connectivity index (χ1v) is 5.42. The minimum Gasteiger partial charge on any atom is -0.379 e. The normalized spacial score (nSPS) is 17.2. The first-order valence-electron chi connectivity index (χ1n) is 5.42. The van der Waals surface area contributed by atoms with Gasteiger partial charge in [-0.25, -0.2) is 9.78 Å². The Morgan fingerprint density at radius 3 is 2.94 bits per heavy atom.